The van der Waals surface area contributed by atoms with Crippen molar-refractivity contribution in [2.45, 2.75) is 13.5 Å². The van der Waals surface area contributed by atoms with E-state index in [-0.39, 0.29) is 0 Å². The molecule has 0 saturated heterocycles. The molecule has 0 aliphatic carbocycles. The van der Waals surface area contributed by atoms with Crippen molar-refractivity contribution in [2.24, 2.45) is 0 Å². The number of hydrogen-bond donors (Lipinski definition) is 1. The highest BCUT2D eigenvalue weighted by Crippen LogP contribution is 2.19. The van der Waals surface area contributed by atoms with Gasteiger partial charge in [-0.1, -0.05) is 0 Å². The van der Waals surface area contributed by atoms with Crippen molar-refractivity contribution in [2.75, 3.05) is 19.0 Å². The van der Waals surface area contributed by atoms with Crippen molar-refractivity contribution < 1.29 is 4.74 Å². The molecule has 0 amide bonds. The molecule has 90 valence electrons. The van der Waals surface area contributed by atoms with E-state index in [4.69, 9.17) is 4.74 Å². The van der Waals surface area contributed by atoms with Gasteiger partial charge in [0.2, 0.25) is 0 Å². The van der Waals surface area contributed by atoms with Crippen molar-refractivity contribution in [3.8, 4) is 5.75 Å². The summed E-state index contributed by atoms with van der Waals surface area (Å²) in [6.07, 6.45) is 5.60. The molecule has 5 heteroatoms. The monoisotopic (exact) mass is 232 g/mol. The van der Waals surface area contributed by atoms with Gasteiger partial charge < -0.3 is 10.1 Å². The summed E-state index contributed by atoms with van der Waals surface area (Å²) in [5.74, 6) is 1.52. The van der Waals surface area contributed by atoms with Crippen LogP contribution in [0.5, 0.6) is 5.75 Å². The number of methoxy groups -OCH3 is 1. The zero-order valence-corrected chi connectivity index (χ0v) is 10.1. The van der Waals surface area contributed by atoms with E-state index in [0.717, 1.165) is 24.7 Å². The fourth-order valence-corrected chi connectivity index (χ4v) is 1.57. The first kappa shape index (κ1) is 11.4. The Labute approximate surface area is 100 Å². The molecule has 0 spiro atoms. The molecule has 0 radical (unpaired) electrons. The molecule has 2 aromatic rings. The number of pyridine rings is 1. The van der Waals surface area contributed by atoms with Crippen LogP contribution < -0.4 is 10.1 Å². The van der Waals surface area contributed by atoms with Crippen molar-refractivity contribution in [3.63, 3.8) is 0 Å². The fraction of sp³-hybridized carbons (Fsp3) is 0.333. The summed E-state index contributed by atoms with van der Waals surface area (Å²) >= 11 is 0. The average molecular weight is 232 g/mol. The zero-order chi connectivity index (χ0) is 12.1. The van der Waals surface area contributed by atoms with Gasteiger partial charge in [0.05, 0.1) is 19.9 Å². The molecule has 2 rings (SSSR count). The summed E-state index contributed by atoms with van der Waals surface area (Å²) in [7, 11) is 1.64. The van der Waals surface area contributed by atoms with Crippen LogP contribution in [0, 0.1) is 6.92 Å². The summed E-state index contributed by atoms with van der Waals surface area (Å²) in [4.78, 5) is 4.22. The highest BCUT2D eigenvalue weighted by Gasteiger charge is 2.01. The van der Waals surface area contributed by atoms with E-state index >= 15 is 0 Å². The third-order valence-corrected chi connectivity index (χ3v) is 2.39. The Morgan fingerprint density at radius 1 is 1.47 bits per heavy atom. The molecule has 0 aliphatic heterocycles. The zero-order valence-electron chi connectivity index (χ0n) is 10.1. The molecule has 17 heavy (non-hydrogen) atoms. The Bertz CT molecular complexity index is 481. The molecule has 0 unspecified atom stereocenters. The van der Waals surface area contributed by atoms with Gasteiger partial charge >= 0.3 is 0 Å². The first-order valence-electron chi connectivity index (χ1n) is 5.51. The molecule has 0 fully saturated rings. The minimum absolute atomic E-state index is 0.754. The van der Waals surface area contributed by atoms with Gasteiger partial charge in [0.1, 0.15) is 0 Å². The van der Waals surface area contributed by atoms with Crippen LogP contribution in [0.4, 0.5) is 5.82 Å². The van der Waals surface area contributed by atoms with Crippen molar-refractivity contribution in [1.82, 2.24) is 14.8 Å². The molecule has 5 nitrogen and oxygen atoms in total. The lowest BCUT2D eigenvalue weighted by atomic mass is 10.4. The van der Waals surface area contributed by atoms with Gasteiger partial charge in [-0.15, -0.1) is 0 Å². The van der Waals surface area contributed by atoms with Crippen LogP contribution in [-0.2, 0) is 6.54 Å². The van der Waals surface area contributed by atoms with Crippen LogP contribution in [0.25, 0.3) is 0 Å². The van der Waals surface area contributed by atoms with Crippen LogP contribution in [0.1, 0.15) is 5.56 Å². The van der Waals surface area contributed by atoms with E-state index in [0.29, 0.717) is 0 Å². The van der Waals surface area contributed by atoms with E-state index in [1.807, 2.05) is 36.1 Å². The predicted molar refractivity (Wildman–Crippen MR) is 66.2 cm³/mol. The lowest BCUT2D eigenvalue weighted by Gasteiger charge is -2.09. The van der Waals surface area contributed by atoms with Gasteiger partial charge in [0, 0.05) is 18.9 Å². The van der Waals surface area contributed by atoms with Crippen LogP contribution >= 0.6 is 0 Å². The minimum atomic E-state index is 0.754. The molecule has 0 atom stereocenters. The van der Waals surface area contributed by atoms with Crippen molar-refractivity contribution >= 4 is 5.82 Å². The Morgan fingerprint density at radius 3 is 3.06 bits per heavy atom. The average Bonchev–Trinajstić information content (AvgIpc) is 2.76. The normalized spacial score (nSPS) is 10.2. The lowest BCUT2D eigenvalue weighted by molar-refractivity contribution is 0.414. The van der Waals surface area contributed by atoms with Gasteiger partial charge in [-0.2, -0.15) is 5.10 Å². The molecule has 2 heterocycles. The summed E-state index contributed by atoms with van der Waals surface area (Å²) < 4.78 is 7.11. The largest absolute Gasteiger partial charge is 0.493 e. The molecule has 1 N–H and O–H groups in total. The quantitative estimate of drug-likeness (QED) is 0.852. The maximum atomic E-state index is 5.20. The highest BCUT2D eigenvalue weighted by molar-refractivity contribution is 5.49. The summed E-state index contributed by atoms with van der Waals surface area (Å²) in [5.41, 5.74) is 1.17. The highest BCUT2D eigenvalue weighted by atomic mass is 16.5. The maximum Gasteiger partial charge on any atom is 0.168 e. The van der Waals surface area contributed by atoms with Gasteiger partial charge in [-0.3, -0.25) is 4.68 Å². The second-order valence-corrected chi connectivity index (χ2v) is 3.76. The number of anilines is 1. The third kappa shape index (κ3) is 2.96. The van der Waals surface area contributed by atoms with E-state index in [9.17, 15) is 0 Å². The smallest absolute Gasteiger partial charge is 0.168 e. The minimum Gasteiger partial charge on any atom is -0.493 e. The number of aromatic nitrogens is 3. The van der Waals surface area contributed by atoms with Crippen LogP contribution in [-0.4, -0.2) is 28.4 Å². The van der Waals surface area contributed by atoms with E-state index < -0.39 is 0 Å². The molecule has 0 saturated carbocycles. The number of nitrogens with one attached hydrogen (secondary N) is 1. The molecule has 0 aliphatic rings. The molecular formula is C12H16N4O. The first-order chi connectivity index (χ1) is 8.29. The van der Waals surface area contributed by atoms with Crippen LogP contribution in [0.2, 0.25) is 0 Å². The van der Waals surface area contributed by atoms with Crippen molar-refractivity contribution in [3.05, 3.63) is 36.3 Å². The van der Waals surface area contributed by atoms with Crippen LogP contribution in [0.15, 0.2) is 30.7 Å². The first-order valence-corrected chi connectivity index (χ1v) is 5.51. The fourth-order valence-electron chi connectivity index (χ4n) is 1.57. The number of ether oxygens (including phenoxy) is 1. The second kappa shape index (κ2) is 5.34. The van der Waals surface area contributed by atoms with Crippen molar-refractivity contribution in [1.29, 1.82) is 0 Å². The molecule has 0 aromatic carbocycles. The molecule has 2 aromatic heterocycles. The summed E-state index contributed by atoms with van der Waals surface area (Å²) in [6.45, 7) is 3.58. The Kier molecular flexibility index (Phi) is 3.59. The number of aryl methyl sites for hydroxylation is 1. The topological polar surface area (TPSA) is 52.0 Å². The third-order valence-electron chi connectivity index (χ3n) is 2.39. The lowest BCUT2D eigenvalue weighted by Crippen LogP contribution is -2.12. The Morgan fingerprint density at radius 2 is 2.35 bits per heavy atom. The van der Waals surface area contributed by atoms with Gasteiger partial charge in [-0.25, -0.2) is 4.98 Å². The molecular weight excluding hydrogens is 216 g/mol. The Hall–Kier alpha value is -2.04. The Balaban J connectivity index is 1.89. The number of rotatable bonds is 5. The number of hydrogen-bond acceptors (Lipinski definition) is 4. The summed E-state index contributed by atoms with van der Waals surface area (Å²) in [5, 5.41) is 7.44. The van der Waals surface area contributed by atoms with Gasteiger partial charge in [-0.05, 0) is 24.6 Å². The van der Waals surface area contributed by atoms with E-state index in [2.05, 4.69) is 15.4 Å². The van der Waals surface area contributed by atoms with E-state index in [1.165, 1.54) is 5.56 Å². The number of nitrogens with zero attached hydrogens (tertiary/aromatic N) is 3. The SMILES string of the molecule is COc1cccnc1NCCn1cc(C)cn1. The molecule has 0 bridgehead atoms. The summed E-state index contributed by atoms with van der Waals surface area (Å²) in [6, 6.07) is 3.73. The van der Waals surface area contributed by atoms with Gasteiger partial charge in [0.15, 0.2) is 11.6 Å². The maximum absolute atomic E-state index is 5.20. The standard InChI is InChI=1S/C12H16N4O/c1-10-8-15-16(9-10)7-6-14-12-11(17-2)4-3-5-13-12/h3-5,8-9H,6-7H2,1-2H3,(H,13,14). The predicted octanol–water partition coefficient (Wildman–Crippen LogP) is 1.71. The van der Waals surface area contributed by atoms with Gasteiger partial charge in [0.25, 0.3) is 0 Å². The van der Waals surface area contributed by atoms with E-state index in [1.54, 1.807) is 13.3 Å². The van der Waals surface area contributed by atoms with Crippen LogP contribution in [0.3, 0.4) is 0 Å². The second-order valence-electron chi connectivity index (χ2n) is 3.76.